The molecule has 1 N–H and O–H groups in total. The number of carbonyl (C=O) groups is 1. The van der Waals surface area contributed by atoms with Crippen LogP contribution < -0.4 is 5.32 Å². The van der Waals surface area contributed by atoms with Crippen LogP contribution in [0.1, 0.15) is 20.3 Å². The molecule has 0 saturated carbocycles. The van der Waals surface area contributed by atoms with Gasteiger partial charge in [-0.25, -0.2) is 0 Å². The summed E-state index contributed by atoms with van der Waals surface area (Å²) in [6.07, 6.45) is 4.08. The molecule has 0 aliphatic carbocycles. The largest absolute Gasteiger partial charge is 0.352 e. The van der Waals surface area contributed by atoms with Gasteiger partial charge in [-0.15, -0.1) is 6.58 Å². The van der Waals surface area contributed by atoms with E-state index in [4.69, 9.17) is 0 Å². The maximum Gasteiger partial charge on any atom is 0.243 e. The van der Waals surface area contributed by atoms with Gasteiger partial charge in [0.05, 0.1) is 0 Å². The molecular formula is C9H15NO. The first-order chi connectivity index (χ1) is 5.16. The molecule has 0 aliphatic rings. The van der Waals surface area contributed by atoms with Gasteiger partial charge < -0.3 is 5.32 Å². The Morgan fingerprint density at radius 3 is 2.73 bits per heavy atom. The number of carbonyl (C=O) groups excluding carboxylic acids is 1. The van der Waals surface area contributed by atoms with Crippen molar-refractivity contribution >= 4 is 5.91 Å². The van der Waals surface area contributed by atoms with Crippen molar-refractivity contribution in [1.29, 1.82) is 0 Å². The van der Waals surface area contributed by atoms with Gasteiger partial charge in [-0.3, -0.25) is 4.79 Å². The highest BCUT2D eigenvalue weighted by Crippen LogP contribution is 1.91. The summed E-state index contributed by atoms with van der Waals surface area (Å²) in [7, 11) is 0. The summed E-state index contributed by atoms with van der Waals surface area (Å²) in [6.45, 7) is 8.17. The molecule has 0 atom stereocenters. The van der Waals surface area contributed by atoms with Gasteiger partial charge >= 0.3 is 0 Å². The molecule has 0 heterocycles. The van der Waals surface area contributed by atoms with Gasteiger partial charge in [0.1, 0.15) is 0 Å². The average Bonchev–Trinajstić information content (AvgIpc) is 1.87. The fourth-order valence-electron chi connectivity index (χ4n) is 0.609. The van der Waals surface area contributed by atoms with Crippen molar-refractivity contribution in [3.63, 3.8) is 0 Å². The maximum absolute atomic E-state index is 10.8. The fraction of sp³-hybridized carbons (Fsp3) is 0.444. The number of allylic oxidation sites excluding steroid dienone is 1. The molecule has 2 heteroatoms. The summed E-state index contributed by atoms with van der Waals surface area (Å²) >= 11 is 0. The lowest BCUT2D eigenvalue weighted by atomic mass is 10.2. The molecule has 0 rings (SSSR count). The van der Waals surface area contributed by atoms with Crippen molar-refractivity contribution in [3.05, 3.63) is 24.3 Å². The first-order valence-corrected chi connectivity index (χ1v) is 3.71. The maximum atomic E-state index is 10.8. The molecule has 0 aromatic rings. The molecule has 0 fully saturated rings. The van der Waals surface area contributed by atoms with Gasteiger partial charge in [-0.2, -0.15) is 0 Å². The second kappa shape index (κ2) is 5.71. The number of amides is 1. The average molecular weight is 153 g/mol. The highest BCUT2D eigenvalue weighted by Gasteiger charge is 1.92. The quantitative estimate of drug-likeness (QED) is 0.483. The van der Waals surface area contributed by atoms with E-state index in [1.807, 2.05) is 13.8 Å². The lowest BCUT2D eigenvalue weighted by Gasteiger charge is -2.00. The number of rotatable bonds is 4. The van der Waals surface area contributed by atoms with E-state index in [0.29, 0.717) is 6.54 Å². The second-order valence-electron chi connectivity index (χ2n) is 2.50. The van der Waals surface area contributed by atoms with Crippen molar-refractivity contribution in [1.82, 2.24) is 5.32 Å². The van der Waals surface area contributed by atoms with E-state index in [1.165, 1.54) is 6.08 Å². The topological polar surface area (TPSA) is 29.1 Å². The zero-order chi connectivity index (χ0) is 8.69. The molecule has 2 nitrogen and oxygen atoms in total. The Morgan fingerprint density at radius 2 is 2.27 bits per heavy atom. The molecule has 0 aromatic heterocycles. The normalized spacial score (nSPS) is 10.0. The van der Waals surface area contributed by atoms with Gasteiger partial charge in [0, 0.05) is 6.54 Å². The standard InChI is InChI=1S/C9H15NO/c1-4-5-9(11)10-7-6-8(2)3/h4-5H,2,6-7H2,1,3H3,(H,10,11)/b5-4+. The Morgan fingerprint density at radius 1 is 1.64 bits per heavy atom. The summed E-state index contributed by atoms with van der Waals surface area (Å²) < 4.78 is 0. The molecule has 0 aromatic carbocycles. The zero-order valence-corrected chi connectivity index (χ0v) is 7.18. The van der Waals surface area contributed by atoms with Crippen LogP contribution in [0, 0.1) is 0 Å². The minimum Gasteiger partial charge on any atom is -0.352 e. The fourth-order valence-corrected chi connectivity index (χ4v) is 0.609. The van der Waals surface area contributed by atoms with Crippen LogP contribution in [-0.4, -0.2) is 12.5 Å². The molecule has 1 amide bonds. The van der Waals surface area contributed by atoms with Crippen LogP contribution >= 0.6 is 0 Å². The Bertz CT molecular complexity index is 170. The van der Waals surface area contributed by atoms with E-state index in [0.717, 1.165) is 12.0 Å². The minimum atomic E-state index is -0.0336. The van der Waals surface area contributed by atoms with Crippen molar-refractivity contribution in [3.8, 4) is 0 Å². The zero-order valence-electron chi connectivity index (χ0n) is 7.18. The van der Waals surface area contributed by atoms with Crippen molar-refractivity contribution in [2.75, 3.05) is 6.54 Å². The van der Waals surface area contributed by atoms with Crippen LogP contribution in [0.3, 0.4) is 0 Å². The third kappa shape index (κ3) is 6.84. The predicted octanol–water partition coefficient (Wildman–Crippen LogP) is 1.64. The molecule has 0 bridgehead atoms. The smallest absolute Gasteiger partial charge is 0.243 e. The molecule has 0 unspecified atom stereocenters. The SMILES string of the molecule is C=C(C)CCNC(=O)/C=C/C. The van der Waals surface area contributed by atoms with Gasteiger partial charge in [-0.05, 0) is 26.3 Å². The highest BCUT2D eigenvalue weighted by molar-refractivity contribution is 5.87. The number of nitrogens with one attached hydrogen (secondary N) is 1. The van der Waals surface area contributed by atoms with Crippen molar-refractivity contribution in [2.45, 2.75) is 20.3 Å². The van der Waals surface area contributed by atoms with Gasteiger partial charge in [0.2, 0.25) is 5.91 Å². The van der Waals surface area contributed by atoms with E-state index in [2.05, 4.69) is 11.9 Å². The summed E-state index contributed by atoms with van der Waals surface area (Å²) in [5, 5.41) is 2.73. The summed E-state index contributed by atoms with van der Waals surface area (Å²) in [5.41, 5.74) is 1.09. The lowest BCUT2D eigenvalue weighted by molar-refractivity contribution is -0.116. The Balaban J connectivity index is 3.39. The van der Waals surface area contributed by atoms with E-state index in [1.54, 1.807) is 6.08 Å². The van der Waals surface area contributed by atoms with E-state index in [9.17, 15) is 4.79 Å². The van der Waals surface area contributed by atoms with E-state index in [-0.39, 0.29) is 5.91 Å². The number of hydrogen-bond acceptors (Lipinski definition) is 1. The first-order valence-electron chi connectivity index (χ1n) is 3.71. The highest BCUT2D eigenvalue weighted by atomic mass is 16.1. The van der Waals surface area contributed by atoms with Crippen LogP contribution in [0.5, 0.6) is 0 Å². The number of hydrogen-bond donors (Lipinski definition) is 1. The lowest BCUT2D eigenvalue weighted by Crippen LogP contribution is -2.22. The van der Waals surface area contributed by atoms with Crippen LogP contribution in [0.15, 0.2) is 24.3 Å². The summed E-state index contributed by atoms with van der Waals surface area (Å²) in [4.78, 5) is 10.8. The molecule has 0 saturated heterocycles. The Labute approximate surface area is 68.0 Å². The summed E-state index contributed by atoms with van der Waals surface area (Å²) in [5.74, 6) is -0.0336. The van der Waals surface area contributed by atoms with Crippen molar-refractivity contribution < 1.29 is 4.79 Å². The molecule has 11 heavy (non-hydrogen) atoms. The predicted molar refractivity (Wildman–Crippen MR) is 47.3 cm³/mol. The van der Waals surface area contributed by atoms with Gasteiger partial charge in [0.15, 0.2) is 0 Å². The first kappa shape index (κ1) is 9.95. The van der Waals surface area contributed by atoms with Gasteiger partial charge in [0.25, 0.3) is 0 Å². The van der Waals surface area contributed by atoms with E-state index >= 15 is 0 Å². The third-order valence-electron chi connectivity index (χ3n) is 1.17. The summed E-state index contributed by atoms with van der Waals surface area (Å²) in [6, 6.07) is 0. The second-order valence-corrected chi connectivity index (χ2v) is 2.50. The third-order valence-corrected chi connectivity index (χ3v) is 1.17. The van der Waals surface area contributed by atoms with Crippen LogP contribution in [0.4, 0.5) is 0 Å². The van der Waals surface area contributed by atoms with E-state index < -0.39 is 0 Å². The van der Waals surface area contributed by atoms with Crippen LogP contribution in [0.25, 0.3) is 0 Å². The van der Waals surface area contributed by atoms with Gasteiger partial charge in [-0.1, -0.05) is 11.6 Å². The Hall–Kier alpha value is -1.05. The monoisotopic (exact) mass is 153 g/mol. The van der Waals surface area contributed by atoms with Crippen LogP contribution in [-0.2, 0) is 4.79 Å². The Kier molecular flexibility index (Phi) is 5.17. The van der Waals surface area contributed by atoms with Crippen molar-refractivity contribution in [2.24, 2.45) is 0 Å². The molecule has 0 radical (unpaired) electrons. The molecule has 62 valence electrons. The molecule has 0 spiro atoms. The molecule has 0 aliphatic heterocycles. The molecular weight excluding hydrogens is 138 g/mol. The minimum absolute atomic E-state index is 0.0336. The van der Waals surface area contributed by atoms with Crippen LogP contribution in [0.2, 0.25) is 0 Å².